The van der Waals surface area contributed by atoms with Crippen molar-refractivity contribution in [2.45, 2.75) is 26.7 Å². The Morgan fingerprint density at radius 2 is 2.13 bits per heavy atom. The Labute approximate surface area is 97.1 Å². The molecule has 0 unspecified atom stereocenters. The molecule has 0 aliphatic carbocycles. The van der Waals surface area contributed by atoms with Gasteiger partial charge in [0.25, 0.3) is 0 Å². The monoisotopic (exact) mass is 222 g/mol. The van der Waals surface area contributed by atoms with Gasteiger partial charge in [-0.25, -0.2) is 0 Å². The molecule has 1 aromatic carbocycles. The summed E-state index contributed by atoms with van der Waals surface area (Å²) in [6, 6.07) is 8.34. The molecule has 0 saturated carbocycles. The number of benzene rings is 1. The third kappa shape index (κ3) is 3.88. The number of hydrogen-bond donors (Lipinski definition) is 2. The van der Waals surface area contributed by atoms with Crippen molar-refractivity contribution in [3.8, 4) is 0 Å². The van der Waals surface area contributed by atoms with Gasteiger partial charge in [0.2, 0.25) is 0 Å². The van der Waals surface area contributed by atoms with E-state index in [-0.39, 0.29) is 0 Å². The molecule has 2 N–H and O–H groups in total. The summed E-state index contributed by atoms with van der Waals surface area (Å²) >= 11 is 5.12. The van der Waals surface area contributed by atoms with Crippen molar-refractivity contribution in [1.82, 2.24) is 5.32 Å². The quantitative estimate of drug-likeness (QED) is 0.768. The van der Waals surface area contributed by atoms with E-state index in [2.05, 4.69) is 36.6 Å². The molecule has 1 aromatic rings. The van der Waals surface area contributed by atoms with Gasteiger partial charge in [0.05, 0.1) is 0 Å². The zero-order valence-corrected chi connectivity index (χ0v) is 10.3. The first-order valence-electron chi connectivity index (χ1n) is 5.28. The molecule has 0 saturated heterocycles. The molecule has 15 heavy (non-hydrogen) atoms. The van der Waals surface area contributed by atoms with Crippen LogP contribution in [0.2, 0.25) is 0 Å². The lowest BCUT2D eigenvalue weighted by atomic mass is 10.0. The first kappa shape index (κ1) is 12.0. The molecule has 0 radical (unpaired) electrons. The van der Waals surface area contributed by atoms with Gasteiger partial charge in [0, 0.05) is 12.2 Å². The van der Waals surface area contributed by atoms with Crippen LogP contribution in [-0.4, -0.2) is 11.7 Å². The smallest absolute Gasteiger partial charge is 0.170 e. The second-order valence-electron chi connectivity index (χ2n) is 3.76. The fraction of sp³-hybridized carbons (Fsp3) is 0.417. The topological polar surface area (TPSA) is 24.1 Å². The average molecular weight is 222 g/mol. The summed E-state index contributed by atoms with van der Waals surface area (Å²) in [5.74, 6) is 0.541. The second kappa shape index (κ2) is 5.71. The van der Waals surface area contributed by atoms with E-state index in [1.807, 2.05) is 19.1 Å². The van der Waals surface area contributed by atoms with Crippen molar-refractivity contribution in [3.63, 3.8) is 0 Å². The van der Waals surface area contributed by atoms with Gasteiger partial charge in [-0.05, 0) is 42.8 Å². The summed E-state index contributed by atoms with van der Waals surface area (Å²) in [6.07, 6.45) is 0. The van der Waals surface area contributed by atoms with Crippen LogP contribution in [-0.2, 0) is 0 Å². The minimum Gasteiger partial charge on any atom is -0.363 e. The predicted octanol–water partition coefficient (Wildman–Crippen LogP) is 3.12. The highest BCUT2D eigenvalue weighted by atomic mass is 32.1. The van der Waals surface area contributed by atoms with Crippen LogP contribution < -0.4 is 10.6 Å². The van der Waals surface area contributed by atoms with E-state index in [0.29, 0.717) is 11.0 Å². The summed E-state index contributed by atoms with van der Waals surface area (Å²) in [5.41, 5.74) is 2.37. The van der Waals surface area contributed by atoms with E-state index in [9.17, 15) is 0 Å². The van der Waals surface area contributed by atoms with Gasteiger partial charge in [-0.3, -0.25) is 0 Å². The fourth-order valence-electron chi connectivity index (χ4n) is 1.31. The van der Waals surface area contributed by atoms with Gasteiger partial charge in [-0.15, -0.1) is 0 Å². The Morgan fingerprint density at radius 1 is 1.40 bits per heavy atom. The second-order valence-corrected chi connectivity index (χ2v) is 4.17. The molecule has 0 bridgehead atoms. The number of thiocarbonyl (C=S) groups is 1. The first-order chi connectivity index (χ1) is 7.13. The van der Waals surface area contributed by atoms with E-state index >= 15 is 0 Å². The van der Waals surface area contributed by atoms with Crippen LogP contribution in [0, 0.1) is 0 Å². The largest absolute Gasteiger partial charge is 0.363 e. The molecule has 82 valence electrons. The molecule has 0 heterocycles. The lowest BCUT2D eigenvalue weighted by molar-refractivity contribution is 0.867. The van der Waals surface area contributed by atoms with Crippen molar-refractivity contribution in [1.29, 1.82) is 0 Å². The van der Waals surface area contributed by atoms with Gasteiger partial charge in [-0.2, -0.15) is 0 Å². The molecule has 0 fully saturated rings. The highest BCUT2D eigenvalue weighted by Gasteiger charge is 2.00. The van der Waals surface area contributed by atoms with Gasteiger partial charge < -0.3 is 10.6 Å². The van der Waals surface area contributed by atoms with E-state index in [1.54, 1.807) is 0 Å². The maximum atomic E-state index is 5.12. The number of hydrogen-bond acceptors (Lipinski definition) is 1. The standard InChI is InChI=1S/C12H18N2S/c1-4-13-12(15)14-11-7-5-6-10(8-11)9(2)3/h5-9H,4H2,1-3H3,(H2,13,14,15). The van der Waals surface area contributed by atoms with Crippen LogP contribution >= 0.6 is 12.2 Å². The summed E-state index contributed by atoms with van der Waals surface area (Å²) in [6.45, 7) is 7.23. The molecule has 0 atom stereocenters. The molecule has 0 aliphatic rings. The van der Waals surface area contributed by atoms with Crippen LogP contribution in [0.15, 0.2) is 24.3 Å². The third-order valence-electron chi connectivity index (χ3n) is 2.15. The highest BCUT2D eigenvalue weighted by Crippen LogP contribution is 2.18. The van der Waals surface area contributed by atoms with Gasteiger partial charge >= 0.3 is 0 Å². The fourth-order valence-corrected chi connectivity index (χ4v) is 1.57. The minimum absolute atomic E-state index is 0.541. The van der Waals surface area contributed by atoms with Crippen LogP contribution in [0.3, 0.4) is 0 Å². The molecule has 0 amide bonds. The molecule has 0 spiro atoms. The maximum absolute atomic E-state index is 5.12. The molecular formula is C12H18N2S. The third-order valence-corrected chi connectivity index (χ3v) is 2.39. The van der Waals surface area contributed by atoms with Gasteiger partial charge in [0.15, 0.2) is 5.11 Å². The Balaban J connectivity index is 2.69. The summed E-state index contributed by atoms with van der Waals surface area (Å²) in [4.78, 5) is 0. The lowest BCUT2D eigenvalue weighted by Crippen LogP contribution is -2.27. The number of anilines is 1. The zero-order chi connectivity index (χ0) is 11.3. The van der Waals surface area contributed by atoms with E-state index < -0.39 is 0 Å². The van der Waals surface area contributed by atoms with Crippen LogP contribution in [0.5, 0.6) is 0 Å². The first-order valence-corrected chi connectivity index (χ1v) is 5.69. The molecule has 0 aliphatic heterocycles. The van der Waals surface area contributed by atoms with Crippen LogP contribution in [0.4, 0.5) is 5.69 Å². The average Bonchev–Trinajstić information content (AvgIpc) is 2.18. The maximum Gasteiger partial charge on any atom is 0.170 e. The Kier molecular flexibility index (Phi) is 4.56. The predicted molar refractivity (Wildman–Crippen MR) is 70.4 cm³/mol. The molecular weight excluding hydrogens is 204 g/mol. The van der Waals surface area contributed by atoms with Crippen molar-refractivity contribution in [3.05, 3.63) is 29.8 Å². The van der Waals surface area contributed by atoms with Crippen molar-refractivity contribution >= 4 is 23.0 Å². The molecule has 3 heteroatoms. The number of rotatable bonds is 3. The van der Waals surface area contributed by atoms with E-state index in [1.165, 1.54) is 5.56 Å². The molecule has 0 aromatic heterocycles. The van der Waals surface area contributed by atoms with E-state index in [0.717, 1.165) is 12.2 Å². The number of nitrogens with one attached hydrogen (secondary N) is 2. The SMILES string of the molecule is CCNC(=S)Nc1cccc(C(C)C)c1. The van der Waals surface area contributed by atoms with E-state index in [4.69, 9.17) is 12.2 Å². The van der Waals surface area contributed by atoms with Crippen LogP contribution in [0.1, 0.15) is 32.3 Å². The summed E-state index contributed by atoms with van der Waals surface area (Å²) in [7, 11) is 0. The normalized spacial score (nSPS) is 10.1. The Morgan fingerprint density at radius 3 is 2.73 bits per heavy atom. The van der Waals surface area contributed by atoms with Crippen molar-refractivity contribution in [2.75, 3.05) is 11.9 Å². The summed E-state index contributed by atoms with van der Waals surface area (Å²) < 4.78 is 0. The van der Waals surface area contributed by atoms with Crippen molar-refractivity contribution in [2.24, 2.45) is 0 Å². The van der Waals surface area contributed by atoms with Crippen molar-refractivity contribution < 1.29 is 0 Å². The summed E-state index contributed by atoms with van der Waals surface area (Å²) in [5, 5.41) is 6.90. The molecule has 1 rings (SSSR count). The van der Waals surface area contributed by atoms with Gasteiger partial charge in [-0.1, -0.05) is 26.0 Å². The highest BCUT2D eigenvalue weighted by molar-refractivity contribution is 7.80. The lowest BCUT2D eigenvalue weighted by Gasteiger charge is -2.11. The minimum atomic E-state index is 0.541. The molecule has 2 nitrogen and oxygen atoms in total. The van der Waals surface area contributed by atoms with Crippen LogP contribution in [0.25, 0.3) is 0 Å². The zero-order valence-electron chi connectivity index (χ0n) is 9.50. The van der Waals surface area contributed by atoms with Gasteiger partial charge in [0.1, 0.15) is 0 Å². The Bertz CT molecular complexity index is 334. The Hall–Kier alpha value is -1.09.